The average Bonchev–Trinajstić information content (AvgIpc) is 2.16. The van der Waals surface area contributed by atoms with Crippen molar-refractivity contribution in [2.45, 2.75) is 26.3 Å². The molecule has 74 valence electrons. The first-order valence-corrected chi connectivity index (χ1v) is 4.85. The minimum absolute atomic E-state index is 0.138. The predicted molar refractivity (Wildman–Crippen MR) is 55.8 cm³/mol. The third kappa shape index (κ3) is 1.45. The quantitative estimate of drug-likeness (QED) is 0.732. The molecule has 1 aliphatic heterocycles. The van der Waals surface area contributed by atoms with Crippen LogP contribution < -0.4 is 5.43 Å². The number of hydrazine groups is 1. The number of amides is 1. The van der Waals surface area contributed by atoms with Crippen LogP contribution in [-0.4, -0.2) is 17.0 Å². The molecule has 0 spiro atoms. The number of benzene rings is 1. The smallest absolute Gasteiger partial charge is 0.245 e. The molecule has 0 aromatic heterocycles. The third-order valence-electron chi connectivity index (χ3n) is 2.39. The van der Waals surface area contributed by atoms with E-state index < -0.39 is 0 Å². The average molecular weight is 190 g/mol. The highest BCUT2D eigenvalue weighted by molar-refractivity contribution is 5.85. The molecule has 1 aromatic carbocycles. The molecular weight excluding hydrogens is 176 g/mol. The zero-order valence-electron chi connectivity index (χ0n) is 8.45. The molecule has 0 saturated heterocycles. The Labute approximate surface area is 83.7 Å². The Morgan fingerprint density at radius 2 is 2.07 bits per heavy atom. The molecule has 14 heavy (non-hydrogen) atoms. The summed E-state index contributed by atoms with van der Waals surface area (Å²) in [4.78, 5) is 11.7. The summed E-state index contributed by atoms with van der Waals surface area (Å²) in [7, 11) is 0. The molecule has 0 aliphatic carbocycles. The first-order valence-electron chi connectivity index (χ1n) is 4.85. The van der Waals surface area contributed by atoms with Crippen molar-refractivity contribution in [2.24, 2.45) is 0 Å². The van der Waals surface area contributed by atoms with Gasteiger partial charge >= 0.3 is 0 Å². The van der Waals surface area contributed by atoms with Crippen LogP contribution in [0.15, 0.2) is 24.3 Å². The Kier molecular flexibility index (Phi) is 2.15. The molecule has 1 heterocycles. The standard InChI is InChI=1S/C11H14N2O/c1-8(2)13-11(14)7-9-5-3-4-6-10(9)12-13/h3-6,8,12H,7H2,1-2H3. The fourth-order valence-electron chi connectivity index (χ4n) is 1.64. The van der Waals surface area contributed by atoms with Gasteiger partial charge in [-0.2, -0.15) is 0 Å². The molecule has 1 aliphatic rings. The summed E-state index contributed by atoms with van der Waals surface area (Å²) in [5.74, 6) is 0.138. The SMILES string of the molecule is CC(C)N1Nc2ccccc2CC1=O. The molecule has 0 saturated carbocycles. The van der Waals surface area contributed by atoms with Crippen molar-refractivity contribution in [1.29, 1.82) is 0 Å². The van der Waals surface area contributed by atoms with Gasteiger partial charge in [-0.15, -0.1) is 0 Å². The maximum absolute atomic E-state index is 11.7. The van der Waals surface area contributed by atoms with E-state index in [1.807, 2.05) is 38.1 Å². The van der Waals surface area contributed by atoms with Crippen molar-refractivity contribution < 1.29 is 4.79 Å². The van der Waals surface area contributed by atoms with E-state index in [2.05, 4.69) is 5.43 Å². The van der Waals surface area contributed by atoms with Gasteiger partial charge in [0.2, 0.25) is 5.91 Å². The number of anilines is 1. The van der Waals surface area contributed by atoms with Gasteiger partial charge in [0.15, 0.2) is 0 Å². The number of nitrogens with one attached hydrogen (secondary N) is 1. The van der Waals surface area contributed by atoms with Gasteiger partial charge < -0.3 is 0 Å². The normalized spacial score (nSPS) is 15.4. The first-order chi connectivity index (χ1) is 6.68. The van der Waals surface area contributed by atoms with Crippen LogP contribution >= 0.6 is 0 Å². The van der Waals surface area contributed by atoms with Crippen molar-refractivity contribution in [2.75, 3.05) is 5.43 Å². The first kappa shape index (κ1) is 9.06. The second kappa shape index (κ2) is 3.33. The van der Waals surface area contributed by atoms with Gasteiger partial charge in [-0.1, -0.05) is 18.2 Å². The summed E-state index contributed by atoms with van der Waals surface area (Å²) in [5.41, 5.74) is 5.25. The number of rotatable bonds is 1. The maximum Gasteiger partial charge on any atom is 0.245 e. The van der Waals surface area contributed by atoms with Gasteiger partial charge in [-0.05, 0) is 25.5 Å². The molecular formula is C11H14N2O. The Morgan fingerprint density at radius 3 is 2.79 bits per heavy atom. The lowest BCUT2D eigenvalue weighted by molar-refractivity contribution is -0.131. The fraction of sp³-hybridized carbons (Fsp3) is 0.364. The van der Waals surface area contributed by atoms with Crippen LogP contribution in [0.2, 0.25) is 0 Å². The van der Waals surface area contributed by atoms with Gasteiger partial charge in [0.1, 0.15) is 0 Å². The Morgan fingerprint density at radius 1 is 1.36 bits per heavy atom. The Hall–Kier alpha value is -1.51. The van der Waals surface area contributed by atoms with Crippen molar-refractivity contribution in [3.63, 3.8) is 0 Å². The van der Waals surface area contributed by atoms with Gasteiger partial charge in [0.05, 0.1) is 12.1 Å². The molecule has 3 heteroatoms. The van der Waals surface area contributed by atoms with E-state index in [0.717, 1.165) is 11.3 Å². The molecule has 0 bridgehead atoms. The number of para-hydroxylation sites is 1. The molecule has 0 atom stereocenters. The summed E-state index contributed by atoms with van der Waals surface area (Å²) < 4.78 is 0. The van der Waals surface area contributed by atoms with Crippen LogP contribution in [0.3, 0.4) is 0 Å². The van der Waals surface area contributed by atoms with Crippen molar-refractivity contribution >= 4 is 11.6 Å². The molecule has 0 fully saturated rings. The molecule has 3 nitrogen and oxygen atoms in total. The second-order valence-electron chi connectivity index (χ2n) is 3.80. The van der Waals surface area contributed by atoms with Crippen molar-refractivity contribution in [3.05, 3.63) is 29.8 Å². The highest BCUT2D eigenvalue weighted by Crippen LogP contribution is 2.22. The number of hydrogen-bond acceptors (Lipinski definition) is 2. The molecule has 1 aromatic rings. The zero-order chi connectivity index (χ0) is 10.1. The minimum Gasteiger partial charge on any atom is -0.296 e. The molecule has 2 rings (SSSR count). The lowest BCUT2D eigenvalue weighted by atomic mass is 10.1. The van der Waals surface area contributed by atoms with Crippen LogP contribution in [0.25, 0.3) is 0 Å². The Bertz CT molecular complexity index is 360. The van der Waals surface area contributed by atoms with Gasteiger partial charge in [0.25, 0.3) is 0 Å². The largest absolute Gasteiger partial charge is 0.296 e. The summed E-state index contributed by atoms with van der Waals surface area (Å²) in [5, 5.41) is 1.68. The third-order valence-corrected chi connectivity index (χ3v) is 2.39. The van der Waals surface area contributed by atoms with Crippen molar-refractivity contribution in [3.8, 4) is 0 Å². The maximum atomic E-state index is 11.7. The van der Waals surface area contributed by atoms with Crippen LogP contribution in [-0.2, 0) is 11.2 Å². The zero-order valence-corrected chi connectivity index (χ0v) is 8.45. The molecule has 1 amide bonds. The van der Waals surface area contributed by atoms with Gasteiger partial charge in [-0.3, -0.25) is 15.2 Å². The van der Waals surface area contributed by atoms with E-state index in [9.17, 15) is 4.79 Å². The highest BCUT2D eigenvalue weighted by atomic mass is 16.2. The highest BCUT2D eigenvalue weighted by Gasteiger charge is 2.23. The second-order valence-corrected chi connectivity index (χ2v) is 3.80. The number of fused-ring (bicyclic) bond motifs is 1. The van der Waals surface area contributed by atoms with Crippen LogP contribution in [0.4, 0.5) is 5.69 Å². The number of nitrogens with zero attached hydrogens (tertiary/aromatic N) is 1. The van der Waals surface area contributed by atoms with Gasteiger partial charge in [0, 0.05) is 6.04 Å². The number of hydrogen-bond donors (Lipinski definition) is 1. The molecule has 0 radical (unpaired) electrons. The van der Waals surface area contributed by atoms with Crippen LogP contribution in [0.5, 0.6) is 0 Å². The lowest BCUT2D eigenvalue weighted by Gasteiger charge is -2.33. The summed E-state index contributed by atoms with van der Waals surface area (Å²) in [6, 6.07) is 8.10. The summed E-state index contributed by atoms with van der Waals surface area (Å²) in [6.07, 6.45) is 0.501. The monoisotopic (exact) mass is 190 g/mol. The van der Waals surface area contributed by atoms with E-state index in [0.29, 0.717) is 6.42 Å². The van der Waals surface area contributed by atoms with E-state index >= 15 is 0 Å². The minimum atomic E-state index is 0.138. The molecule has 1 N–H and O–H groups in total. The summed E-state index contributed by atoms with van der Waals surface area (Å²) in [6.45, 7) is 4.00. The van der Waals surface area contributed by atoms with E-state index in [1.54, 1.807) is 5.01 Å². The molecule has 0 unspecified atom stereocenters. The van der Waals surface area contributed by atoms with E-state index in [-0.39, 0.29) is 11.9 Å². The van der Waals surface area contributed by atoms with Crippen LogP contribution in [0.1, 0.15) is 19.4 Å². The van der Waals surface area contributed by atoms with Crippen LogP contribution in [0, 0.1) is 0 Å². The topological polar surface area (TPSA) is 32.3 Å². The lowest BCUT2D eigenvalue weighted by Crippen LogP contribution is -2.45. The fourth-order valence-corrected chi connectivity index (χ4v) is 1.64. The number of carbonyl (C=O) groups excluding carboxylic acids is 1. The van der Waals surface area contributed by atoms with E-state index in [1.165, 1.54) is 0 Å². The predicted octanol–water partition coefficient (Wildman–Crippen LogP) is 1.81. The van der Waals surface area contributed by atoms with Gasteiger partial charge in [-0.25, -0.2) is 0 Å². The Balaban J connectivity index is 2.31. The van der Waals surface area contributed by atoms with E-state index in [4.69, 9.17) is 0 Å². The number of carbonyl (C=O) groups is 1. The van der Waals surface area contributed by atoms with Crippen molar-refractivity contribution in [1.82, 2.24) is 5.01 Å². The summed E-state index contributed by atoms with van der Waals surface area (Å²) >= 11 is 0.